The van der Waals surface area contributed by atoms with E-state index in [2.05, 4.69) is 21.0 Å². The van der Waals surface area contributed by atoms with Crippen LogP contribution < -0.4 is 0 Å². The quantitative estimate of drug-likeness (QED) is 0.915. The molecule has 0 radical (unpaired) electrons. The molecule has 0 atom stereocenters. The lowest BCUT2D eigenvalue weighted by atomic mass is 10.2. The highest BCUT2D eigenvalue weighted by Gasteiger charge is 2.16. The second-order valence-electron chi connectivity index (χ2n) is 3.86. The number of carboxylic acid groups (broad SMARTS) is 1. The first-order valence-corrected chi connectivity index (χ1v) is 7.75. The predicted molar refractivity (Wildman–Crippen MR) is 71.3 cm³/mol. The normalized spacial score (nSPS) is 11.5. The number of benzene rings is 1. The lowest BCUT2D eigenvalue weighted by Crippen LogP contribution is -2.06. The maximum atomic E-state index is 11.4. The first-order chi connectivity index (χ1) is 8.79. The highest BCUT2D eigenvalue weighted by Crippen LogP contribution is 2.21. The number of hydrogen-bond donors (Lipinski definition) is 1. The maximum absolute atomic E-state index is 11.4. The molecule has 8 heteroatoms. The van der Waals surface area contributed by atoms with Crippen LogP contribution in [0.3, 0.4) is 0 Å². The second-order valence-corrected chi connectivity index (χ2v) is 6.79. The highest BCUT2D eigenvalue weighted by molar-refractivity contribution is 9.10. The standard InChI is InChI=1S/C11H9BrN2O4S/c1-19(17,18)8-5-13-14(6-8)10-3-2-7(12)4-9(10)11(15)16/h2-6H,1H3,(H,15,16). The maximum Gasteiger partial charge on any atom is 0.337 e. The Morgan fingerprint density at radius 2 is 2.11 bits per heavy atom. The van der Waals surface area contributed by atoms with Crippen LogP contribution in [-0.4, -0.2) is 35.5 Å². The molecule has 1 N–H and O–H groups in total. The van der Waals surface area contributed by atoms with Gasteiger partial charge in [0.2, 0.25) is 0 Å². The van der Waals surface area contributed by atoms with Crippen LogP contribution in [-0.2, 0) is 9.84 Å². The summed E-state index contributed by atoms with van der Waals surface area (Å²) in [6, 6.07) is 4.63. The number of sulfone groups is 1. The Morgan fingerprint density at radius 3 is 2.63 bits per heavy atom. The van der Waals surface area contributed by atoms with E-state index in [1.54, 1.807) is 12.1 Å². The molecular formula is C11H9BrN2O4S. The lowest BCUT2D eigenvalue weighted by Gasteiger charge is -2.06. The van der Waals surface area contributed by atoms with Crippen molar-refractivity contribution in [2.45, 2.75) is 4.90 Å². The zero-order chi connectivity index (χ0) is 14.2. The minimum Gasteiger partial charge on any atom is -0.478 e. The van der Waals surface area contributed by atoms with E-state index in [-0.39, 0.29) is 10.5 Å². The number of hydrogen-bond acceptors (Lipinski definition) is 4. The van der Waals surface area contributed by atoms with Crippen molar-refractivity contribution >= 4 is 31.7 Å². The molecule has 2 aromatic rings. The molecule has 0 fully saturated rings. The Balaban J connectivity index is 2.60. The third-order valence-corrected chi connectivity index (χ3v) is 3.98. The molecule has 2 rings (SSSR count). The summed E-state index contributed by atoms with van der Waals surface area (Å²) in [5, 5.41) is 13.0. The molecule has 6 nitrogen and oxygen atoms in total. The number of aromatic nitrogens is 2. The van der Waals surface area contributed by atoms with Crippen LogP contribution in [0.25, 0.3) is 5.69 Å². The number of carbonyl (C=O) groups is 1. The summed E-state index contributed by atoms with van der Waals surface area (Å²) in [7, 11) is -3.37. The molecule has 1 heterocycles. The Hall–Kier alpha value is -1.67. The van der Waals surface area contributed by atoms with Crippen molar-refractivity contribution in [2.75, 3.05) is 6.26 Å². The van der Waals surface area contributed by atoms with Gasteiger partial charge in [-0.2, -0.15) is 5.10 Å². The van der Waals surface area contributed by atoms with Crippen molar-refractivity contribution in [3.05, 3.63) is 40.6 Å². The number of carboxylic acids is 1. The number of aromatic carboxylic acids is 1. The zero-order valence-electron chi connectivity index (χ0n) is 9.74. The van der Waals surface area contributed by atoms with E-state index in [9.17, 15) is 13.2 Å². The fraction of sp³-hybridized carbons (Fsp3) is 0.0909. The Bertz CT molecular complexity index is 752. The van der Waals surface area contributed by atoms with Crippen LogP contribution in [0, 0.1) is 0 Å². The van der Waals surface area contributed by atoms with Gasteiger partial charge in [0.15, 0.2) is 9.84 Å². The smallest absolute Gasteiger partial charge is 0.337 e. The van der Waals surface area contributed by atoms with E-state index in [1.165, 1.54) is 23.1 Å². The van der Waals surface area contributed by atoms with Gasteiger partial charge >= 0.3 is 5.97 Å². The van der Waals surface area contributed by atoms with Crippen molar-refractivity contribution in [3.63, 3.8) is 0 Å². The van der Waals surface area contributed by atoms with E-state index in [0.29, 0.717) is 10.2 Å². The van der Waals surface area contributed by atoms with Gasteiger partial charge in [-0.25, -0.2) is 17.9 Å². The minimum atomic E-state index is -3.37. The molecule has 1 aromatic heterocycles. The van der Waals surface area contributed by atoms with Gasteiger partial charge in [-0.05, 0) is 18.2 Å². The third-order valence-electron chi connectivity index (χ3n) is 2.42. The van der Waals surface area contributed by atoms with Gasteiger partial charge in [-0.3, -0.25) is 0 Å². The van der Waals surface area contributed by atoms with Gasteiger partial charge in [-0.1, -0.05) is 15.9 Å². The predicted octanol–water partition coefficient (Wildman–Crippen LogP) is 1.74. The largest absolute Gasteiger partial charge is 0.478 e. The molecule has 19 heavy (non-hydrogen) atoms. The van der Waals surface area contributed by atoms with E-state index in [0.717, 1.165) is 6.26 Å². The average molecular weight is 345 g/mol. The molecular weight excluding hydrogens is 336 g/mol. The molecule has 0 amide bonds. The minimum absolute atomic E-state index is 0.0255. The average Bonchev–Trinajstić information content (AvgIpc) is 2.77. The van der Waals surface area contributed by atoms with Crippen molar-refractivity contribution < 1.29 is 18.3 Å². The number of rotatable bonds is 3. The van der Waals surface area contributed by atoms with Crippen molar-refractivity contribution in [1.29, 1.82) is 0 Å². The highest BCUT2D eigenvalue weighted by atomic mass is 79.9. The molecule has 1 aromatic carbocycles. The number of nitrogens with zero attached hydrogens (tertiary/aromatic N) is 2. The van der Waals surface area contributed by atoms with Crippen LogP contribution in [0.15, 0.2) is 40.0 Å². The lowest BCUT2D eigenvalue weighted by molar-refractivity contribution is 0.0696. The zero-order valence-corrected chi connectivity index (χ0v) is 12.1. The van der Waals surface area contributed by atoms with Crippen molar-refractivity contribution in [3.8, 4) is 5.69 Å². The second kappa shape index (κ2) is 4.78. The topological polar surface area (TPSA) is 89.3 Å². The Morgan fingerprint density at radius 1 is 1.42 bits per heavy atom. The third kappa shape index (κ3) is 2.85. The van der Waals surface area contributed by atoms with Crippen LogP contribution >= 0.6 is 15.9 Å². The van der Waals surface area contributed by atoms with Gasteiger partial charge in [0.1, 0.15) is 4.90 Å². The van der Waals surface area contributed by atoms with Crippen molar-refractivity contribution in [2.24, 2.45) is 0 Å². The molecule has 0 spiro atoms. The van der Waals surface area contributed by atoms with Crippen LogP contribution in [0.1, 0.15) is 10.4 Å². The molecule has 100 valence electrons. The first kappa shape index (κ1) is 13.8. The summed E-state index contributed by atoms with van der Waals surface area (Å²) >= 11 is 3.19. The molecule has 0 saturated carbocycles. The Kier molecular flexibility index (Phi) is 3.46. The molecule has 0 aliphatic rings. The van der Waals surface area contributed by atoms with Gasteiger partial charge < -0.3 is 5.11 Å². The summed E-state index contributed by atoms with van der Waals surface area (Å²) in [6.45, 7) is 0. The molecule has 0 unspecified atom stereocenters. The van der Waals surface area contributed by atoms with Crippen molar-refractivity contribution in [1.82, 2.24) is 9.78 Å². The van der Waals surface area contributed by atoms with E-state index < -0.39 is 15.8 Å². The summed E-state index contributed by atoms with van der Waals surface area (Å²) in [5.74, 6) is -1.12. The van der Waals surface area contributed by atoms with E-state index in [1.807, 2.05) is 0 Å². The number of halogens is 1. The van der Waals surface area contributed by atoms with Crippen LogP contribution in [0.5, 0.6) is 0 Å². The summed E-state index contributed by atoms with van der Waals surface area (Å²) in [4.78, 5) is 11.2. The summed E-state index contributed by atoms with van der Waals surface area (Å²) in [6.07, 6.45) is 3.53. The summed E-state index contributed by atoms with van der Waals surface area (Å²) < 4.78 is 24.6. The van der Waals surface area contributed by atoms with Gasteiger partial charge in [0.25, 0.3) is 0 Å². The fourth-order valence-electron chi connectivity index (χ4n) is 1.51. The molecule has 0 saturated heterocycles. The van der Waals surface area contributed by atoms with Crippen LogP contribution in [0.2, 0.25) is 0 Å². The summed E-state index contributed by atoms with van der Waals surface area (Å²) in [5.41, 5.74) is 0.322. The Labute approximate surface area is 117 Å². The van der Waals surface area contributed by atoms with Gasteiger partial charge in [0, 0.05) is 16.9 Å². The van der Waals surface area contributed by atoms with Gasteiger partial charge in [0.05, 0.1) is 17.4 Å². The molecule has 0 aliphatic heterocycles. The SMILES string of the molecule is CS(=O)(=O)c1cnn(-c2ccc(Br)cc2C(=O)O)c1. The first-order valence-electron chi connectivity index (χ1n) is 5.07. The fourth-order valence-corrected chi connectivity index (χ4v) is 2.40. The van der Waals surface area contributed by atoms with E-state index in [4.69, 9.17) is 5.11 Å². The van der Waals surface area contributed by atoms with E-state index >= 15 is 0 Å². The van der Waals surface area contributed by atoms with Crippen LogP contribution in [0.4, 0.5) is 0 Å². The van der Waals surface area contributed by atoms with Gasteiger partial charge in [-0.15, -0.1) is 0 Å². The molecule has 0 bridgehead atoms. The molecule has 0 aliphatic carbocycles. The monoisotopic (exact) mass is 344 g/mol.